The largest absolute Gasteiger partial charge is 0.480 e. The molecule has 2 rings (SSSR count). The van der Waals surface area contributed by atoms with Gasteiger partial charge in [-0.2, -0.15) is 0 Å². The van der Waals surface area contributed by atoms with Gasteiger partial charge in [0.15, 0.2) is 0 Å². The molecule has 0 bridgehead atoms. The summed E-state index contributed by atoms with van der Waals surface area (Å²) < 4.78 is 0. The Morgan fingerprint density at radius 3 is 2.29 bits per heavy atom. The Kier molecular flexibility index (Phi) is 2.92. The summed E-state index contributed by atoms with van der Waals surface area (Å²) in [5.41, 5.74) is -0.943. The Morgan fingerprint density at radius 2 is 1.82 bits per heavy atom. The van der Waals surface area contributed by atoms with Crippen LogP contribution in [0.1, 0.15) is 52.4 Å². The molecule has 0 saturated heterocycles. The van der Waals surface area contributed by atoms with Crippen molar-refractivity contribution in [1.82, 2.24) is 5.32 Å². The molecule has 0 aromatic carbocycles. The van der Waals surface area contributed by atoms with Crippen molar-refractivity contribution in [2.75, 3.05) is 0 Å². The average molecular weight is 239 g/mol. The predicted molar refractivity (Wildman–Crippen MR) is 63.5 cm³/mol. The quantitative estimate of drug-likeness (QED) is 0.791. The number of carboxylic acids is 1. The molecule has 0 aliphatic heterocycles. The summed E-state index contributed by atoms with van der Waals surface area (Å²) in [4.78, 5) is 23.2. The summed E-state index contributed by atoms with van der Waals surface area (Å²) in [6.07, 6.45) is 5.31. The third-order valence-electron chi connectivity index (χ3n) is 4.35. The number of carbonyl (C=O) groups excluding carboxylic acids is 1. The van der Waals surface area contributed by atoms with Crippen molar-refractivity contribution in [3.63, 3.8) is 0 Å². The van der Waals surface area contributed by atoms with Gasteiger partial charge in [-0.25, -0.2) is 4.79 Å². The molecule has 1 unspecified atom stereocenters. The highest BCUT2D eigenvalue weighted by atomic mass is 16.4. The number of nitrogens with one attached hydrogen (secondary N) is 1. The van der Waals surface area contributed by atoms with E-state index < -0.39 is 11.5 Å². The molecule has 96 valence electrons. The molecule has 4 nitrogen and oxygen atoms in total. The number of rotatable bonds is 3. The van der Waals surface area contributed by atoms with Crippen LogP contribution in [0.5, 0.6) is 0 Å². The fraction of sp³-hybridized carbons (Fsp3) is 0.846. The van der Waals surface area contributed by atoms with E-state index >= 15 is 0 Å². The predicted octanol–water partition coefficient (Wildman–Crippen LogP) is 1.94. The van der Waals surface area contributed by atoms with Crippen LogP contribution in [0.25, 0.3) is 0 Å². The number of hydrogen-bond donors (Lipinski definition) is 2. The minimum absolute atomic E-state index is 0.00306. The van der Waals surface area contributed by atoms with Gasteiger partial charge in [-0.1, -0.05) is 26.7 Å². The van der Waals surface area contributed by atoms with E-state index in [-0.39, 0.29) is 17.2 Å². The molecular formula is C13H21NO3. The van der Waals surface area contributed by atoms with Crippen molar-refractivity contribution in [2.45, 2.75) is 57.9 Å². The topological polar surface area (TPSA) is 66.4 Å². The van der Waals surface area contributed by atoms with E-state index in [2.05, 4.69) is 19.2 Å². The SMILES string of the molecule is CC1(C)CCCCC1C(=O)NC1(C(=O)O)CC1. The summed E-state index contributed by atoms with van der Waals surface area (Å²) in [5, 5.41) is 11.8. The van der Waals surface area contributed by atoms with E-state index in [4.69, 9.17) is 5.11 Å². The average Bonchev–Trinajstić information content (AvgIpc) is 2.97. The molecule has 1 amide bonds. The number of carbonyl (C=O) groups is 2. The fourth-order valence-corrected chi connectivity index (χ4v) is 2.82. The van der Waals surface area contributed by atoms with E-state index in [1.165, 1.54) is 6.42 Å². The van der Waals surface area contributed by atoms with Gasteiger partial charge in [-0.15, -0.1) is 0 Å². The smallest absolute Gasteiger partial charge is 0.329 e. The van der Waals surface area contributed by atoms with Crippen LogP contribution in [0.4, 0.5) is 0 Å². The molecule has 0 heterocycles. The number of carboxylic acid groups (broad SMARTS) is 1. The molecule has 4 heteroatoms. The van der Waals surface area contributed by atoms with Crippen molar-refractivity contribution < 1.29 is 14.7 Å². The van der Waals surface area contributed by atoms with E-state index in [1.54, 1.807) is 0 Å². The van der Waals surface area contributed by atoms with Gasteiger partial charge in [0, 0.05) is 5.92 Å². The van der Waals surface area contributed by atoms with Crippen molar-refractivity contribution in [3.05, 3.63) is 0 Å². The van der Waals surface area contributed by atoms with Crippen LogP contribution in [0.15, 0.2) is 0 Å². The van der Waals surface area contributed by atoms with Crippen LogP contribution in [-0.2, 0) is 9.59 Å². The number of hydrogen-bond acceptors (Lipinski definition) is 2. The molecule has 0 aromatic heterocycles. The van der Waals surface area contributed by atoms with Crippen LogP contribution in [0, 0.1) is 11.3 Å². The standard InChI is InChI=1S/C13H21NO3/c1-12(2)6-4-3-5-9(12)10(15)14-13(7-8-13)11(16)17/h9H,3-8H2,1-2H3,(H,14,15)(H,16,17). The van der Waals surface area contributed by atoms with Crippen LogP contribution < -0.4 is 5.32 Å². The van der Waals surface area contributed by atoms with E-state index in [0.717, 1.165) is 19.3 Å². The van der Waals surface area contributed by atoms with Gasteiger partial charge in [0.2, 0.25) is 5.91 Å². The number of amides is 1. The molecule has 2 N–H and O–H groups in total. The molecule has 1 atom stereocenters. The Bertz CT molecular complexity index is 345. The minimum atomic E-state index is -0.940. The van der Waals surface area contributed by atoms with Gasteiger partial charge in [0.1, 0.15) is 5.54 Å². The monoisotopic (exact) mass is 239 g/mol. The number of aliphatic carboxylic acids is 1. The van der Waals surface area contributed by atoms with Crippen LogP contribution in [-0.4, -0.2) is 22.5 Å². The lowest BCUT2D eigenvalue weighted by Gasteiger charge is -2.38. The van der Waals surface area contributed by atoms with Crippen LogP contribution in [0.3, 0.4) is 0 Å². The first-order chi connectivity index (χ1) is 7.87. The van der Waals surface area contributed by atoms with Crippen molar-refractivity contribution >= 4 is 11.9 Å². The maximum atomic E-state index is 12.2. The minimum Gasteiger partial charge on any atom is -0.480 e. The lowest BCUT2D eigenvalue weighted by atomic mass is 9.68. The Labute approximate surface area is 102 Å². The van der Waals surface area contributed by atoms with Crippen molar-refractivity contribution in [1.29, 1.82) is 0 Å². The molecule has 2 fully saturated rings. The molecule has 2 aliphatic carbocycles. The summed E-state index contributed by atoms with van der Waals surface area (Å²) in [6.45, 7) is 4.22. The van der Waals surface area contributed by atoms with Crippen molar-refractivity contribution in [2.24, 2.45) is 11.3 Å². The Morgan fingerprint density at radius 1 is 1.18 bits per heavy atom. The lowest BCUT2D eigenvalue weighted by molar-refractivity contribution is -0.145. The Balaban J connectivity index is 2.02. The normalized spacial score (nSPS) is 29.4. The maximum absolute atomic E-state index is 12.2. The molecule has 17 heavy (non-hydrogen) atoms. The molecule has 2 saturated carbocycles. The van der Waals surface area contributed by atoms with Crippen LogP contribution >= 0.6 is 0 Å². The Hall–Kier alpha value is -1.06. The van der Waals surface area contributed by atoms with Gasteiger partial charge in [-0.05, 0) is 31.1 Å². The van der Waals surface area contributed by atoms with Gasteiger partial charge in [0.25, 0.3) is 0 Å². The van der Waals surface area contributed by atoms with Gasteiger partial charge in [-0.3, -0.25) is 4.79 Å². The second-order valence-electron chi connectivity index (χ2n) is 6.16. The third-order valence-corrected chi connectivity index (χ3v) is 4.35. The zero-order valence-electron chi connectivity index (χ0n) is 10.6. The first kappa shape index (κ1) is 12.4. The molecule has 0 aromatic rings. The van der Waals surface area contributed by atoms with E-state index in [9.17, 15) is 9.59 Å². The first-order valence-electron chi connectivity index (χ1n) is 6.43. The highest BCUT2D eigenvalue weighted by Gasteiger charge is 2.53. The fourth-order valence-electron chi connectivity index (χ4n) is 2.82. The molecule has 0 radical (unpaired) electrons. The van der Waals surface area contributed by atoms with Gasteiger partial charge >= 0.3 is 5.97 Å². The highest BCUT2D eigenvalue weighted by Crippen LogP contribution is 2.42. The summed E-state index contributed by atoms with van der Waals surface area (Å²) in [7, 11) is 0. The summed E-state index contributed by atoms with van der Waals surface area (Å²) in [6, 6.07) is 0. The summed E-state index contributed by atoms with van der Waals surface area (Å²) in [5.74, 6) is -0.984. The summed E-state index contributed by atoms with van der Waals surface area (Å²) >= 11 is 0. The first-order valence-corrected chi connectivity index (χ1v) is 6.43. The lowest BCUT2D eigenvalue weighted by Crippen LogP contribution is -2.49. The van der Waals surface area contributed by atoms with E-state index in [0.29, 0.717) is 12.8 Å². The zero-order valence-corrected chi connectivity index (χ0v) is 10.6. The third kappa shape index (κ3) is 2.31. The van der Waals surface area contributed by atoms with Crippen LogP contribution in [0.2, 0.25) is 0 Å². The molecule has 2 aliphatic rings. The second-order valence-corrected chi connectivity index (χ2v) is 6.16. The molecular weight excluding hydrogens is 218 g/mol. The maximum Gasteiger partial charge on any atom is 0.329 e. The highest BCUT2D eigenvalue weighted by molar-refractivity contribution is 5.90. The van der Waals surface area contributed by atoms with Crippen molar-refractivity contribution in [3.8, 4) is 0 Å². The zero-order chi connectivity index (χ0) is 12.7. The van der Waals surface area contributed by atoms with Gasteiger partial charge in [0.05, 0.1) is 0 Å². The van der Waals surface area contributed by atoms with Gasteiger partial charge < -0.3 is 10.4 Å². The van der Waals surface area contributed by atoms with E-state index in [1.807, 2.05) is 0 Å². The molecule has 0 spiro atoms. The second kappa shape index (κ2) is 4.00.